The number of benzene rings is 1. The van der Waals surface area contributed by atoms with Crippen LogP contribution in [0.25, 0.3) is 0 Å². The summed E-state index contributed by atoms with van der Waals surface area (Å²) in [6, 6.07) is 4.04. The molecule has 1 aliphatic rings. The zero-order valence-electron chi connectivity index (χ0n) is 12.5. The van der Waals surface area contributed by atoms with Crippen molar-refractivity contribution in [1.82, 2.24) is 15.5 Å². The summed E-state index contributed by atoms with van der Waals surface area (Å²) >= 11 is 0. The maximum atomic E-state index is 12.2. The number of hydrogen-bond acceptors (Lipinski definition) is 5. The first kappa shape index (κ1) is 15.6. The Hall–Kier alpha value is -1.79. The Morgan fingerprint density at radius 2 is 2.29 bits per heavy atom. The number of piperazine rings is 1. The van der Waals surface area contributed by atoms with E-state index >= 15 is 0 Å². The molecule has 0 aliphatic carbocycles. The highest BCUT2D eigenvalue weighted by molar-refractivity contribution is 5.82. The number of amides is 1. The van der Waals surface area contributed by atoms with Gasteiger partial charge < -0.3 is 20.8 Å². The van der Waals surface area contributed by atoms with Gasteiger partial charge in [0.05, 0.1) is 0 Å². The van der Waals surface area contributed by atoms with Crippen LogP contribution < -0.4 is 10.6 Å². The van der Waals surface area contributed by atoms with Crippen LogP contribution in [-0.2, 0) is 4.79 Å². The number of aromatic hydroxyl groups is 2. The number of rotatable bonds is 4. The van der Waals surface area contributed by atoms with Gasteiger partial charge in [-0.25, -0.2) is 0 Å². The number of likely N-dealkylation sites (N-methyl/N-ethyl adjacent to an activating group) is 1. The molecule has 0 radical (unpaired) electrons. The van der Waals surface area contributed by atoms with E-state index in [2.05, 4.69) is 15.5 Å². The van der Waals surface area contributed by atoms with Crippen LogP contribution in [0, 0.1) is 0 Å². The molecule has 0 saturated carbocycles. The number of carbonyl (C=O) groups is 1. The molecule has 116 valence electrons. The van der Waals surface area contributed by atoms with Gasteiger partial charge in [-0.05, 0) is 32.0 Å². The average Bonchev–Trinajstić information content (AvgIpc) is 2.49. The molecule has 6 heteroatoms. The minimum absolute atomic E-state index is 0.0174. The van der Waals surface area contributed by atoms with Crippen molar-refractivity contribution in [2.45, 2.75) is 25.9 Å². The molecule has 0 bridgehead atoms. The third kappa shape index (κ3) is 3.46. The number of carbonyl (C=O) groups excluding carboxylic acids is 1. The highest BCUT2D eigenvalue weighted by atomic mass is 16.3. The molecule has 2 rings (SSSR count). The lowest BCUT2D eigenvalue weighted by molar-refractivity contribution is -0.128. The zero-order chi connectivity index (χ0) is 15.4. The van der Waals surface area contributed by atoms with Gasteiger partial charge in [0.25, 0.3) is 0 Å². The van der Waals surface area contributed by atoms with Crippen LogP contribution in [-0.4, -0.2) is 53.2 Å². The molecule has 0 aromatic heterocycles. The van der Waals surface area contributed by atoms with Crippen molar-refractivity contribution in [1.29, 1.82) is 0 Å². The molecule has 1 heterocycles. The van der Waals surface area contributed by atoms with E-state index in [4.69, 9.17) is 0 Å². The number of phenols is 2. The van der Waals surface area contributed by atoms with Gasteiger partial charge in [0, 0.05) is 37.8 Å². The maximum absolute atomic E-state index is 12.2. The summed E-state index contributed by atoms with van der Waals surface area (Å²) in [6.07, 6.45) is 0. The van der Waals surface area contributed by atoms with Crippen LogP contribution in [0.4, 0.5) is 0 Å². The van der Waals surface area contributed by atoms with Gasteiger partial charge in [-0.2, -0.15) is 0 Å². The molecule has 1 aromatic carbocycles. The molecule has 4 N–H and O–H groups in total. The molecule has 0 spiro atoms. The maximum Gasteiger partial charge on any atom is 0.238 e. The summed E-state index contributed by atoms with van der Waals surface area (Å²) in [5.41, 5.74) is 0.631. The third-order valence-electron chi connectivity index (χ3n) is 3.90. The third-order valence-corrected chi connectivity index (χ3v) is 3.90. The quantitative estimate of drug-likeness (QED) is 0.610. The number of nitrogens with one attached hydrogen (secondary N) is 2. The number of phenolic OH excluding ortho intramolecular Hbond substituents is 2. The second-order valence-electron chi connectivity index (χ2n) is 5.27. The number of hydrogen-bond donors (Lipinski definition) is 4. The van der Waals surface area contributed by atoms with Crippen LogP contribution in [0.5, 0.6) is 11.5 Å². The van der Waals surface area contributed by atoms with Gasteiger partial charge in [0.15, 0.2) is 0 Å². The highest BCUT2D eigenvalue weighted by Gasteiger charge is 2.32. The van der Waals surface area contributed by atoms with Crippen LogP contribution in [0.15, 0.2) is 18.2 Å². The van der Waals surface area contributed by atoms with Crippen molar-refractivity contribution in [2.75, 3.05) is 26.2 Å². The number of nitrogens with zero attached hydrogens (tertiary/aromatic N) is 1. The van der Waals surface area contributed by atoms with E-state index in [-0.39, 0.29) is 29.5 Å². The highest BCUT2D eigenvalue weighted by Crippen LogP contribution is 2.32. The average molecular weight is 293 g/mol. The van der Waals surface area contributed by atoms with Gasteiger partial charge >= 0.3 is 0 Å². The minimum Gasteiger partial charge on any atom is -0.508 e. The van der Waals surface area contributed by atoms with Crippen LogP contribution in [0.3, 0.4) is 0 Å². The van der Waals surface area contributed by atoms with E-state index in [1.807, 2.05) is 13.8 Å². The van der Waals surface area contributed by atoms with E-state index < -0.39 is 0 Å². The summed E-state index contributed by atoms with van der Waals surface area (Å²) in [4.78, 5) is 14.2. The van der Waals surface area contributed by atoms with Crippen molar-refractivity contribution in [2.24, 2.45) is 0 Å². The van der Waals surface area contributed by atoms with E-state index in [1.165, 1.54) is 12.1 Å². The fourth-order valence-corrected chi connectivity index (χ4v) is 2.77. The lowest BCUT2D eigenvalue weighted by atomic mass is 10.0. The topological polar surface area (TPSA) is 84.8 Å². The molecular weight excluding hydrogens is 270 g/mol. The summed E-state index contributed by atoms with van der Waals surface area (Å²) in [6.45, 7) is 6.50. The monoisotopic (exact) mass is 293 g/mol. The molecule has 6 nitrogen and oxygen atoms in total. The van der Waals surface area contributed by atoms with Crippen molar-refractivity contribution >= 4 is 5.91 Å². The van der Waals surface area contributed by atoms with Crippen molar-refractivity contribution in [3.63, 3.8) is 0 Å². The molecule has 21 heavy (non-hydrogen) atoms. The molecule has 1 amide bonds. The van der Waals surface area contributed by atoms with Crippen LogP contribution in [0.1, 0.15) is 25.5 Å². The van der Waals surface area contributed by atoms with Gasteiger partial charge in [0.2, 0.25) is 5.91 Å². The van der Waals surface area contributed by atoms with Gasteiger partial charge in [0.1, 0.15) is 17.5 Å². The first-order valence-electron chi connectivity index (χ1n) is 7.30. The van der Waals surface area contributed by atoms with Crippen molar-refractivity contribution < 1.29 is 15.0 Å². The van der Waals surface area contributed by atoms with Crippen molar-refractivity contribution in [3.05, 3.63) is 23.8 Å². The molecule has 1 aromatic rings. The first-order valence-corrected chi connectivity index (χ1v) is 7.30. The Morgan fingerprint density at radius 3 is 3.00 bits per heavy atom. The van der Waals surface area contributed by atoms with E-state index in [1.54, 1.807) is 6.07 Å². The second-order valence-corrected chi connectivity index (χ2v) is 5.27. The first-order chi connectivity index (χ1) is 10.0. The predicted molar refractivity (Wildman–Crippen MR) is 80.2 cm³/mol. The second kappa shape index (κ2) is 6.78. The molecule has 1 saturated heterocycles. The fourth-order valence-electron chi connectivity index (χ4n) is 2.77. The van der Waals surface area contributed by atoms with E-state index in [0.29, 0.717) is 25.2 Å². The minimum atomic E-state index is -0.282. The lowest BCUT2D eigenvalue weighted by Gasteiger charge is -2.39. The van der Waals surface area contributed by atoms with Crippen LogP contribution in [0.2, 0.25) is 0 Å². The molecule has 1 fully saturated rings. The zero-order valence-corrected chi connectivity index (χ0v) is 12.5. The normalized spacial score (nSPS) is 21.0. The Kier molecular flexibility index (Phi) is 5.03. The van der Waals surface area contributed by atoms with E-state index in [9.17, 15) is 15.0 Å². The Labute approximate surface area is 124 Å². The summed E-state index contributed by atoms with van der Waals surface area (Å²) < 4.78 is 0. The van der Waals surface area contributed by atoms with Gasteiger partial charge in [-0.3, -0.25) is 9.69 Å². The van der Waals surface area contributed by atoms with Gasteiger partial charge in [-0.1, -0.05) is 0 Å². The van der Waals surface area contributed by atoms with E-state index in [0.717, 1.165) is 6.54 Å². The Morgan fingerprint density at radius 1 is 1.52 bits per heavy atom. The standard InChI is InChI=1S/C15H23N3O3/c1-3-17-15(21)13-9-16-6-7-18(13)10(2)12-8-11(19)4-5-14(12)20/h4-5,8,10,13,16,19-20H,3,6-7,9H2,1-2H3,(H,17,21). The molecule has 2 unspecified atom stereocenters. The lowest BCUT2D eigenvalue weighted by Crippen LogP contribution is -2.58. The SMILES string of the molecule is CCNC(=O)C1CNCCN1C(C)c1cc(O)ccc1O. The summed E-state index contributed by atoms with van der Waals surface area (Å²) in [5, 5.41) is 25.7. The van der Waals surface area contributed by atoms with Crippen LogP contribution >= 0.6 is 0 Å². The molecular formula is C15H23N3O3. The van der Waals surface area contributed by atoms with Gasteiger partial charge in [-0.15, -0.1) is 0 Å². The summed E-state index contributed by atoms with van der Waals surface area (Å²) in [5.74, 6) is 0.226. The molecule has 1 aliphatic heterocycles. The van der Waals surface area contributed by atoms with Crippen molar-refractivity contribution in [3.8, 4) is 11.5 Å². The Balaban J connectivity index is 2.23. The largest absolute Gasteiger partial charge is 0.508 e. The summed E-state index contributed by atoms with van der Waals surface area (Å²) in [7, 11) is 0. The predicted octanol–water partition coefficient (Wildman–Crippen LogP) is 0.569. The Bertz CT molecular complexity index is 507. The smallest absolute Gasteiger partial charge is 0.238 e. The fraction of sp³-hybridized carbons (Fsp3) is 0.533. The molecule has 2 atom stereocenters.